The van der Waals surface area contributed by atoms with Crippen molar-refractivity contribution in [2.45, 2.75) is 13.0 Å². The second kappa shape index (κ2) is 6.64. The molecule has 2 aromatic rings. The topological polar surface area (TPSA) is 35.5 Å². The van der Waals surface area contributed by atoms with Gasteiger partial charge < -0.3 is 9.47 Å². The fourth-order valence-corrected chi connectivity index (χ4v) is 1.72. The van der Waals surface area contributed by atoms with Crippen molar-refractivity contribution >= 4 is 28.4 Å². The Morgan fingerprint density at radius 3 is 2.45 bits per heavy atom. The van der Waals surface area contributed by atoms with E-state index < -0.39 is 11.3 Å². The number of rotatable bonds is 5. The Bertz CT molecular complexity index is 599. The van der Waals surface area contributed by atoms with E-state index in [4.69, 9.17) is 32.7 Å². The number of para-hydroxylation sites is 1. The Hall–Kier alpha value is -1.71. The van der Waals surface area contributed by atoms with Crippen LogP contribution in [0, 0.1) is 0 Å². The standard InChI is InChI=1S/C15H12Cl2O3/c1-10(15(17)18)19-13-8-7-11(16)9-14(13)20-12-5-3-2-4-6-12/h2-10H,1H3. The van der Waals surface area contributed by atoms with Crippen molar-refractivity contribution in [3.63, 3.8) is 0 Å². The Morgan fingerprint density at radius 1 is 1.10 bits per heavy atom. The van der Waals surface area contributed by atoms with Crippen LogP contribution >= 0.6 is 23.2 Å². The van der Waals surface area contributed by atoms with Crippen molar-refractivity contribution in [3.8, 4) is 17.2 Å². The molecule has 2 aromatic carbocycles. The minimum atomic E-state index is -0.768. The normalized spacial score (nSPS) is 11.8. The summed E-state index contributed by atoms with van der Waals surface area (Å²) < 4.78 is 11.2. The van der Waals surface area contributed by atoms with E-state index in [1.165, 1.54) is 0 Å². The highest BCUT2D eigenvalue weighted by molar-refractivity contribution is 6.64. The molecule has 1 atom stereocenters. The summed E-state index contributed by atoms with van der Waals surface area (Å²) in [5.74, 6) is 1.47. The fraction of sp³-hybridized carbons (Fsp3) is 0.133. The van der Waals surface area contributed by atoms with Gasteiger partial charge in [-0.15, -0.1) is 0 Å². The van der Waals surface area contributed by atoms with Gasteiger partial charge in [-0.2, -0.15) is 0 Å². The van der Waals surface area contributed by atoms with E-state index in [9.17, 15) is 4.79 Å². The summed E-state index contributed by atoms with van der Waals surface area (Å²) in [5.41, 5.74) is 0. The van der Waals surface area contributed by atoms with E-state index in [1.54, 1.807) is 37.3 Å². The lowest BCUT2D eigenvalue weighted by atomic mass is 10.3. The average molecular weight is 311 g/mol. The molecule has 5 heteroatoms. The molecule has 0 saturated carbocycles. The Morgan fingerprint density at radius 2 is 1.80 bits per heavy atom. The van der Waals surface area contributed by atoms with E-state index in [0.717, 1.165) is 0 Å². The number of carbonyl (C=O) groups excluding carboxylic acids is 1. The predicted octanol–water partition coefficient (Wildman–Crippen LogP) is 4.67. The van der Waals surface area contributed by atoms with Crippen LogP contribution in [0.2, 0.25) is 5.02 Å². The first kappa shape index (κ1) is 14.7. The van der Waals surface area contributed by atoms with Crippen LogP contribution in [-0.2, 0) is 4.79 Å². The number of benzene rings is 2. The minimum Gasteiger partial charge on any atom is -0.478 e. The van der Waals surface area contributed by atoms with E-state index >= 15 is 0 Å². The maximum atomic E-state index is 11.1. The molecule has 0 N–H and O–H groups in total. The highest BCUT2D eigenvalue weighted by Gasteiger charge is 2.15. The summed E-state index contributed by atoms with van der Waals surface area (Å²) in [6.07, 6.45) is -0.768. The summed E-state index contributed by atoms with van der Waals surface area (Å²) in [6, 6.07) is 14.1. The molecule has 0 aromatic heterocycles. The third-order valence-corrected chi connectivity index (χ3v) is 3.04. The SMILES string of the molecule is CC(Oc1ccc(Cl)cc1Oc1ccccc1)C(=O)Cl. The van der Waals surface area contributed by atoms with Crippen LogP contribution in [-0.4, -0.2) is 11.3 Å². The van der Waals surface area contributed by atoms with Gasteiger partial charge in [0, 0.05) is 11.1 Å². The van der Waals surface area contributed by atoms with Gasteiger partial charge in [-0.05, 0) is 42.8 Å². The van der Waals surface area contributed by atoms with E-state index in [2.05, 4.69) is 0 Å². The minimum absolute atomic E-state index is 0.403. The third kappa shape index (κ3) is 3.89. The van der Waals surface area contributed by atoms with Crippen molar-refractivity contribution in [3.05, 3.63) is 53.6 Å². The van der Waals surface area contributed by atoms with Gasteiger partial charge >= 0.3 is 0 Å². The zero-order valence-corrected chi connectivity index (χ0v) is 12.2. The molecule has 0 radical (unpaired) electrons. The average Bonchev–Trinajstić information content (AvgIpc) is 2.42. The van der Waals surface area contributed by atoms with E-state index in [0.29, 0.717) is 22.3 Å². The van der Waals surface area contributed by atoms with E-state index in [-0.39, 0.29) is 0 Å². The van der Waals surface area contributed by atoms with Crippen molar-refractivity contribution < 1.29 is 14.3 Å². The van der Waals surface area contributed by atoms with Gasteiger partial charge in [0.25, 0.3) is 5.24 Å². The summed E-state index contributed by atoms with van der Waals surface area (Å²) in [7, 11) is 0. The zero-order chi connectivity index (χ0) is 14.5. The number of carbonyl (C=O) groups is 1. The molecule has 0 aliphatic carbocycles. The summed E-state index contributed by atoms with van der Waals surface area (Å²) in [4.78, 5) is 11.1. The van der Waals surface area contributed by atoms with Crippen LogP contribution in [0.1, 0.15) is 6.92 Å². The second-order valence-electron chi connectivity index (χ2n) is 4.07. The van der Waals surface area contributed by atoms with Crippen LogP contribution in [0.25, 0.3) is 0 Å². The summed E-state index contributed by atoms with van der Waals surface area (Å²) in [5, 5.41) is -0.0706. The van der Waals surface area contributed by atoms with E-state index in [1.807, 2.05) is 18.2 Å². The monoisotopic (exact) mass is 310 g/mol. The van der Waals surface area contributed by atoms with Crippen molar-refractivity contribution in [2.75, 3.05) is 0 Å². The zero-order valence-electron chi connectivity index (χ0n) is 10.7. The lowest BCUT2D eigenvalue weighted by molar-refractivity contribution is -0.117. The van der Waals surface area contributed by atoms with Gasteiger partial charge in [-0.3, -0.25) is 4.79 Å². The number of hydrogen-bond donors (Lipinski definition) is 0. The summed E-state index contributed by atoms with van der Waals surface area (Å²) >= 11 is 11.3. The quantitative estimate of drug-likeness (QED) is 0.753. The Labute approximate surface area is 127 Å². The lowest BCUT2D eigenvalue weighted by Gasteiger charge is -2.15. The van der Waals surface area contributed by atoms with Crippen molar-refractivity contribution in [1.29, 1.82) is 0 Å². The molecular formula is C15H12Cl2O3. The highest BCUT2D eigenvalue weighted by atomic mass is 35.5. The van der Waals surface area contributed by atoms with Crippen LogP contribution in [0.3, 0.4) is 0 Å². The van der Waals surface area contributed by atoms with Gasteiger partial charge in [0.05, 0.1) is 0 Å². The number of hydrogen-bond acceptors (Lipinski definition) is 3. The molecule has 0 spiro atoms. The van der Waals surface area contributed by atoms with Crippen molar-refractivity contribution in [2.24, 2.45) is 0 Å². The van der Waals surface area contributed by atoms with Crippen LogP contribution in [0.15, 0.2) is 48.5 Å². The maximum Gasteiger partial charge on any atom is 0.262 e. The van der Waals surface area contributed by atoms with Crippen LogP contribution in [0.5, 0.6) is 17.2 Å². The Kier molecular flexibility index (Phi) is 4.88. The predicted molar refractivity (Wildman–Crippen MR) is 78.9 cm³/mol. The van der Waals surface area contributed by atoms with Gasteiger partial charge in [0.2, 0.25) is 0 Å². The number of halogens is 2. The maximum absolute atomic E-state index is 11.1. The van der Waals surface area contributed by atoms with Gasteiger partial charge in [0.15, 0.2) is 17.6 Å². The molecule has 0 saturated heterocycles. The summed E-state index contributed by atoms with van der Waals surface area (Å²) in [6.45, 7) is 1.57. The first-order valence-corrected chi connectivity index (χ1v) is 6.70. The molecule has 1 unspecified atom stereocenters. The van der Waals surface area contributed by atoms with Gasteiger partial charge in [-0.1, -0.05) is 29.8 Å². The number of ether oxygens (including phenoxy) is 2. The molecule has 0 aliphatic rings. The fourth-order valence-electron chi connectivity index (χ4n) is 1.51. The molecule has 104 valence electrons. The molecule has 3 nitrogen and oxygen atoms in total. The molecule has 0 amide bonds. The molecule has 0 fully saturated rings. The molecule has 0 aliphatic heterocycles. The Balaban J connectivity index is 2.26. The smallest absolute Gasteiger partial charge is 0.262 e. The van der Waals surface area contributed by atoms with Crippen LogP contribution in [0.4, 0.5) is 0 Å². The highest BCUT2D eigenvalue weighted by Crippen LogP contribution is 2.34. The largest absolute Gasteiger partial charge is 0.478 e. The van der Waals surface area contributed by atoms with Gasteiger partial charge in [0.1, 0.15) is 5.75 Å². The molecule has 20 heavy (non-hydrogen) atoms. The van der Waals surface area contributed by atoms with Crippen molar-refractivity contribution in [1.82, 2.24) is 0 Å². The molecular weight excluding hydrogens is 299 g/mol. The van der Waals surface area contributed by atoms with Gasteiger partial charge in [-0.25, -0.2) is 0 Å². The molecule has 0 heterocycles. The molecule has 2 rings (SSSR count). The lowest BCUT2D eigenvalue weighted by Crippen LogP contribution is -2.19. The third-order valence-electron chi connectivity index (χ3n) is 2.50. The first-order valence-electron chi connectivity index (χ1n) is 5.94. The van der Waals surface area contributed by atoms with Crippen LogP contribution < -0.4 is 9.47 Å². The second-order valence-corrected chi connectivity index (χ2v) is 4.88. The first-order chi connectivity index (χ1) is 9.56. The molecule has 0 bridgehead atoms.